The van der Waals surface area contributed by atoms with Crippen molar-refractivity contribution in [3.8, 4) is 22.5 Å². The molecule has 3 aliphatic heterocycles. The van der Waals surface area contributed by atoms with Gasteiger partial charge in [0, 0.05) is 92.8 Å². The summed E-state index contributed by atoms with van der Waals surface area (Å²) in [5, 5.41) is 8.09. The number of likely N-dealkylation sites (tertiary alicyclic amines) is 1. The van der Waals surface area contributed by atoms with E-state index in [1.165, 1.54) is 27.3 Å². The highest BCUT2D eigenvalue weighted by atomic mass is 32.1. The molecule has 0 unspecified atom stereocenters. The quantitative estimate of drug-likeness (QED) is 0.142. The lowest BCUT2D eigenvalue weighted by Gasteiger charge is -2.37. The first kappa shape index (κ1) is 48.3. The van der Waals surface area contributed by atoms with Gasteiger partial charge in [0.1, 0.15) is 18.1 Å². The molecule has 2 fully saturated rings. The summed E-state index contributed by atoms with van der Waals surface area (Å²) in [6, 6.07) is 7.06. The zero-order valence-electron chi connectivity index (χ0n) is 39.8. The Morgan fingerprint density at radius 3 is 2.62 bits per heavy atom. The molecule has 3 aliphatic rings. The van der Waals surface area contributed by atoms with Crippen LogP contribution in [0.5, 0.6) is 0 Å². The minimum atomic E-state index is -1.09. The molecule has 6 bridgehead atoms. The first-order chi connectivity index (χ1) is 31.5. The summed E-state index contributed by atoms with van der Waals surface area (Å²) in [6.45, 7) is 17.5. The number of hydrazine groups is 1. The van der Waals surface area contributed by atoms with Crippen molar-refractivity contribution in [1.29, 1.82) is 0 Å². The fourth-order valence-corrected chi connectivity index (χ4v) is 10.5. The molecule has 0 saturated carbocycles. The van der Waals surface area contributed by atoms with Crippen molar-refractivity contribution in [2.45, 2.75) is 110 Å². The number of methoxy groups -OCH3 is 1. The number of likely N-dealkylation sites (N-methyl/N-ethyl adjacent to an activating group) is 2. The van der Waals surface area contributed by atoms with E-state index in [1.54, 1.807) is 37.2 Å². The summed E-state index contributed by atoms with van der Waals surface area (Å²) in [4.78, 5) is 83.8. The molecule has 5 amide bonds. The monoisotopic (exact) mass is 923 g/mol. The molecule has 1 aromatic carbocycles. The average molecular weight is 924 g/mol. The number of aromatic nitrogens is 3. The van der Waals surface area contributed by atoms with Crippen LogP contribution in [-0.4, -0.2) is 136 Å². The molecule has 0 aliphatic carbocycles. The van der Waals surface area contributed by atoms with Crippen LogP contribution in [0.25, 0.3) is 33.4 Å². The van der Waals surface area contributed by atoms with Crippen LogP contribution in [0, 0.1) is 11.3 Å². The van der Waals surface area contributed by atoms with Crippen LogP contribution >= 0.6 is 11.3 Å². The van der Waals surface area contributed by atoms with Crippen LogP contribution in [0.1, 0.15) is 83.2 Å². The number of cyclic esters (lactones) is 1. The summed E-state index contributed by atoms with van der Waals surface area (Å²) in [7, 11) is 4.97. The molecule has 2 saturated heterocycles. The van der Waals surface area contributed by atoms with Crippen LogP contribution in [0.4, 0.5) is 4.79 Å². The largest absolute Gasteiger partial charge is 0.464 e. The number of carbonyl (C=O) groups excluding carboxylic acids is 5. The van der Waals surface area contributed by atoms with Gasteiger partial charge in [-0.05, 0) is 81.4 Å². The van der Waals surface area contributed by atoms with Crippen molar-refractivity contribution in [2.75, 3.05) is 47.4 Å². The molecular weight excluding hydrogens is 859 g/mol. The number of ether oxygens (including phenoxy) is 2. The summed E-state index contributed by atoms with van der Waals surface area (Å²) >= 11 is 1.40. The normalized spacial score (nSPS) is 21.0. The molecule has 66 heavy (non-hydrogen) atoms. The van der Waals surface area contributed by atoms with Crippen molar-refractivity contribution < 1.29 is 33.4 Å². The Labute approximate surface area is 391 Å². The molecule has 2 N–H and O–H groups in total. The fraction of sp³-hybridized carbons (Fsp3) is 0.531. The smallest absolute Gasteiger partial charge is 0.324 e. The van der Waals surface area contributed by atoms with Gasteiger partial charge in [-0.3, -0.25) is 29.2 Å². The number of fused-ring (bicyclic) bond motifs is 6. The Morgan fingerprint density at radius 2 is 1.91 bits per heavy atom. The van der Waals surface area contributed by atoms with Gasteiger partial charge < -0.3 is 34.1 Å². The zero-order chi connectivity index (χ0) is 47.6. The number of aryl methyl sites for hydroxylation is 1. The number of amides is 5. The second-order valence-corrected chi connectivity index (χ2v) is 19.8. The molecule has 6 heterocycles. The van der Waals surface area contributed by atoms with Crippen molar-refractivity contribution in [3.05, 3.63) is 70.8 Å². The molecule has 4 aromatic rings. The molecule has 17 heteroatoms. The van der Waals surface area contributed by atoms with Crippen molar-refractivity contribution >= 4 is 52.0 Å². The number of pyridine rings is 1. The maximum absolute atomic E-state index is 14.6. The maximum Gasteiger partial charge on any atom is 0.324 e. The van der Waals surface area contributed by atoms with E-state index < -0.39 is 41.3 Å². The number of carbonyl (C=O) groups is 5. The van der Waals surface area contributed by atoms with Crippen molar-refractivity contribution in [2.24, 2.45) is 11.3 Å². The Balaban J connectivity index is 1.25. The van der Waals surface area contributed by atoms with Gasteiger partial charge in [0.15, 0.2) is 0 Å². The van der Waals surface area contributed by atoms with Gasteiger partial charge in [-0.25, -0.2) is 15.2 Å². The molecule has 16 nitrogen and oxygen atoms in total. The predicted molar refractivity (Wildman–Crippen MR) is 254 cm³/mol. The van der Waals surface area contributed by atoms with E-state index in [0.717, 1.165) is 44.7 Å². The highest BCUT2D eigenvalue weighted by Gasteiger charge is 2.40. The van der Waals surface area contributed by atoms with Gasteiger partial charge in [0.05, 0.1) is 40.8 Å². The van der Waals surface area contributed by atoms with Crippen molar-refractivity contribution in [1.82, 2.24) is 45.0 Å². The number of thiazole rings is 1. The summed E-state index contributed by atoms with van der Waals surface area (Å²) in [5.41, 5.74) is 9.25. The summed E-state index contributed by atoms with van der Waals surface area (Å²) in [5.74, 6) is -1.92. The van der Waals surface area contributed by atoms with E-state index in [1.807, 2.05) is 32.2 Å². The third-order valence-electron chi connectivity index (χ3n) is 13.3. The molecule has 0 radical (unpaired) electrons. The number of nitrogens with zero attached hydrogens (tertiary/aromatic N) is 7. The number of urea groups is 1. The number of nitrogens with one attached hydrogen (secondary N) is 2. The van der Waals surface area contributed by atoms with Crippen LogP contribution in [0.15, 0.2) is 54.6 Å². The molecule has 3 aromatic heterocycles. The van der Waals surface area contributed by atoms with Gasteiger partial charge >= 0.3 is 12.0 Å². The van der Waals surface area contributed by atoms with Crippen molar-refractivity contribution in [3.63, 3.8) is 0 Å². The molecule has 0 spiro atoms. The number of benzene rings is 1. The Hall–Kier alpha value is -5.65. The highest BCUT2D eigenvalue weighted by Crippen LogP contribution is 2.42. The maximum atomic E-state index is 14.6. The second-order valence-electron chi connectivity index (χ2n) is 18.9. The average Bonchev–Trinajstić information content (AvgIpc) is 4.07. The highest BCUT2D eigenvalue weighted by molar-refractivity contribution is 7.10. The lowest BCUT2D eigenvalue weighted by Crippen LogP contribution is -2.62. The molecule has 5 atom stereocenters. The molecule has 7 rings (SSSR count). The first-order valence-corrected chi connectivity index (χ1v) is 23.9. The second kappa shape index (κ2) is 20.1. The molecule has 354 valence electrons. The van der Waals surface area contributed by atoms with E-state index in [4.69, 9.17) is 19.4 Å². The SMILES string of the molecule is C=CC(=O)N(C)[C@@H]1CCN(C(=O)N(C)[C@H](C(=O)N[C@H]2Cc3nc(cs3)-c3ccc4c(c3)c(c(-c3cccnc3[C@H](C)OC)n4CC)CC(C)(C)COC(=O)[C@@H]3CCCN(N3)C2=O)C(C)C)C1. The van der Waals surface area contributed by atoms with E-state index in [-0.39, 0.29) is 43.0 Å². The van der Waals surface area contributed by atoms with Gasteiger partial charge in [0.2, 0.25) is 11.8 Å². The topological polar surface area (TPSA) is 172 Å². The number of rotatable bonds is 10. The van der Waals surface area contributed by atoms with E-state index in [9.17, 15) is 24.0 Å². The lowest BCUT2D eigenvalue weighted by molar-refractivity contribution is -0.155. The van der Waals surface area contributed by atoms with Gasteiger partial charge in [-0.2, -0.15) is 0 Å². The lowest BCUT2D eigenvalue weighted by atomic mass is 9.84. The van der Waals surface area contributed by atoms with Crippen LogP contribution < -0.4 is 10.7 Å². The Bertz CT molecular complexity index is 2480. The third kappa shape index (κ3) is 9.88. The number of hydrogen-bond acceptors (Lipinski definition) is 11. The summed E-state index contributed by atoms with van der Waals surface area (Å²) in [6.07, 6.45) is 5.03. The molecular formula is C49H65N9O7S. The Kier molecular flexibility index (Phi) is 14.7. The van der Waals surface area contributed by atoms with Crippen LogP contribution in [0.2, 0.25) is 0 Å². The van der Waals surface area contributed by atoms with Crippen LogP contribution in [-0.2, 0) is 48.0 Å². The van der Waals surface area contributed by atoms with E-state index >= 15 is 0 Å². The van der Waals surface area contributed by atoms with Gasteiger partial charge in [-0.1, -0.05) is 40.3 Å². The minimum absolute atomic E-state index is 0.0714. The first-order valence-electron chi connectivity index (χ1n) is 23.0. The number of esters is 1. The van der Waals surface area contributed by atoms with Gasteiger partial charge in [0.25, 0.3) is 5.91 Å². The minimum Gasteiger partial charge on any atom is -0.464 e. The van der Waals surface area contributed by atoms with E-state index in [2.05, 4.69) is 66.9 Å². The summed E-state index contributed by atoms with van der Waals surface area (Å²) < 4.78 is 14.2. The van der Waals surface area contributed by atoms with E-state index in [0.29, 0.717) is 56.9 Å². The van der Waals surface area contributed by atoms with Gasteiger partial charge in [-0.15, -0.1) is 11.3 Å². The van der Waals surface area contributed by atoms with Crippen LogP contribution in [0.3, 0.4) is 0 Å². The number of hydrogen-bond donors (Lipinski definition) is 2. The predicted octanol–water partition coefficient (Wildman–Crippen LogP) is 6.00. The fourth-order valence-electron chi connectivity index (χ4n) is 9.64. The standard InChI is InChI=1S/C49H65N9O7S/c1-11-41(59)54(8)32-19-22-56(26-32)48(63)55(9)43(29(3)4)45(60)52-37-24-40-51-38(27-66-40)31-17-18-39-34(23-31)35(44(57(39)12-2)33-15-13-20-50-42(33)30(5)64-10)25-49(6,7)28-65-47(62)36-16-14-21-58(53-36)46(37)61/h11,13,15,17-18,20,23,27,29-30,32,36-37,43,53H,1,12,14,16,19,21-22,24-26,28H2,2-10H3,(H,52,60)/t30-,32+,36-,37-,43-/m0/s1. The third-order valence-corrected chi connectivity index (χ3v) is 14.1. The zero-order valence-corrected chi connectivity index (χ0v) is 40.6. The Morgan fingerprint density at radius 1 is 1.14 bits per heavy atom.